The van der Waals surface area contributed by atoms with Crippen molar-refractivity contribution in [2.24, 2.45) is 0 Å². The second kappa shape index (κ2) is 15.6. The molecule has 1 aliphatic carbocycles. The van der Waals surface area contributed by atoms with E-state index in [4.69, 9.17) is 4.74 Å². The van der Waals surface area contributed by atoms with Crippen molar-refractivity contribution in [1.82, 2.24) is 0 Å². The van der Waals surface area contributed by atoms with Gasteiger partial charge in [0.1, 0.15) is 11.5 Å². The third-order valence-electron chi connectivity index (χ3n) is 13.5. The van der Waals surface area contributed by atoms with Crippen LogP contribution in [0.2, 0.25) is 0 Å². The molecular weight excluding hydrogens is 787 g/mol. The summed E-state index contributed by atoms with van der Waals surface area (Å²) >= 11 is 0. The maximum Gasteiger partial charge on any atom is 0.135 e. The highest BCUT2D eigenvalue weighted by atomic mass is 16.5. The fourth-order valence-corrected chi connectivity index (χ4v) is 10.1. The summed E-state index contributed by atoms with van der Waals surface area (Å²) in [5.74, 6) is 1.72. The van der Waals surface area contributed by atoms with E-state index in [1.165, 1.54) is 55.6 Å². The van der Waals surface area contributed by atoms with Gasteiger partial charge in [0.2, 0.25) is 0 Å². The van der Waals surface area contributed by atoms with Crippen LogP contribution in [0.1, 0.15) is 25.0 Å². The molecule has 10 aromatic carbocycles. The van der Waals surface area contributed by atoms with Gasteiger partial charge >= 0.3 is 0 Å². The molecule has 0 amide bonds. The zero-order valence-electron chi connectivity index (χ0n) is 36.4. The third-order valence-corrected chi connectivity index (χ3v) is 13.5. The van der Waals surface area contributed by atoms with Crippen LogP contribution < -0.4 is 9.64 Å². The lowest BCUT2D eigenvalue weighted by Crippen LogP contribution is -2.16. The molecule has 0 bridgehead atoms. The van der Waals surface area contributed by atoms with Crippen molar-refractivity contribution >= 4 is 17.1 Å². The minimum Gasteiger partial charge on any atom is -0.456 e. The van der Waals surface area contributed by atoms with Crippen LogP contribution in [-0.4, -0.2) is 0 Å². The summed E-state index contributed by atoms with van der Waals surface area (Å²) in [5.41, 5.74) is 22.5. The van der Waals surface area contributed by atoms with E-state index in [1.54, 1.807) is 0 Å². The van der Waals surface area contributed by atoms with E-state index in [0.29, 0.717) is 0 Å². The Morgan fingerprint density at radius 1 is 0.277 bits per heavy atom. The summed E-state index contributed by atoms with van der Waals surface area (Å²) in [5, 5.41) is 0. The minimum atomic E-state index is -0.102. The number of nitrogens with zero attached hydrogens (tertiary/aromatic N) is 1. The van der Waals surface area contributed by atoms with Crippen molar-refractivity contribution in [3.8, 4) is 89.4 Å². The number of benzene rings is 10. The molecule has 0 spiro atoms. The molecule has 0 fully saturated rings. The van der Waals surface area contributed by atoms with Gasteiger partial charge in [-0.1, -0.05) is 190 Å². The molecule has 2 aliphatic rings. The van der Waals surface area contributed by atoms with Gasteiger partial charge in [-0.25, -0.2) is 0 Å². The van der Waals surface area contributed by atoms with E-state index < -0.39 is 0 Å². The van der Waals surface area contributed by atoms with Crippen LogP contribution in [0.25, 0.3) is 77.9 Å². The first-order valence-corrected chi connectivity index (χ1v) is 22.5. The van der Waals surface area contributed by atoms with Crippen molar-refractivity contribution in [3.05, 3.63) is 248 Å². The molecular formula is C63H45NO. The number of rotatable bonds is 7. The molecule has 0 N–H and O–H groups in total. The van der Waals surface area contributed by atoms with Crippen LogP contribution >= 0.6 is 0 Å². The molecule has 1 aliphatic heterocycles. The monoisotopic (exact) mass is 831 g/mol. The van der Waals surface area contributed by atoms with E-state index in [2.05, 4.69) is 255 Å². The van der Waals surface area contributed by atoms with Crippen LogP contribution in [0.4, 0.5) is 17.1 Å². The second-order valence-electron chi connectivity index (χ2n) is 17.7. The summed E-state index contributed by atoms with van der Waals surface area (Å²) < 4.78 is 6.87. The van der Waals surface area contributed by atoms with E-state index in [-0.39, 0.29) is 5.41 Å². The molecule has 0 saturated heterocycles. The van der Waals surface area contributed by atoms with Gasteiger partial charge < -0.3 is 9.64 Å². The number of anilines is 3. The van der Waals surface area contributed by atoms with Crippen LogP contribution in [0.15, 0.2) is 237 Å². The van der Waals surface area contributed by atoms with Crippen molar-refractivity contribution in [1.29, 1.82) is 0 Å². The predicted octanol–water partition coefficient (Wildman–Crippen LogP) is 17.6. The normalized spacial score (nSPS) is 12.7. The molecule has 0 aromatic heterocycles. The molecule has 1 heterocycles. The fourth-order valence-electron chi connectivity index (χ4n) is 10.1. The van der Waals surface area contributed by atoms with Gasteiger partial charge in [-0.15, -0.1) is 0 Å². The van der Waals surface area contributed by atoms with Crippen molar-refractivity contribution in [2.45, 2.75) is 19.3 Å². The molecule has 2 heteroatoms. The summed E-state index contributed by atoms with van der Waals surface area (Å²) in [6.45, 7) is 4.70. The van der Waals surface area contributed by atoms with E-state index in [0.717, 1.165) is 61.9 Å². The van der Waals surface area contributed by atoms with Crippen molar-refractivity contribution < 1.29 is 4.74 Å². The van der Waals surface area contributed by atoms with Gasteiger partial charge in [-0.3, -0.25) is 0 Å². The van der Waals surface area contributed by atoms with Crippen molar-refractivity contribution in [2.75, 3.05) is 4.90 Å². The summed E-state index contributed by atoms with van der Waals surface area (Å²) in [6, 6.07) is 85.6. The largest absolute Gasteiger partial charge is 0.456 e. The lowest BCUT2D eigenvalue weighted by molar-refractivity contribution is 0.488. The Morgan fingerprint density at radius 3 is 1.15 bits per heavy atom. The van der Waals surface area contributed by atoms with Gasteiger partial charge in [0, 0.05) is 33.6 Å². The number of ether oxygens (including phenoxy) is 1. The van der Waals surface area contributed by atoms with Crippen molar-refractivity contribution in [3.63, 3.8) is 0 Å². The first kappa shape index (κ1) is 38.5. The SMILES string of the molecule is CC1(C)c2ccccc2-c2ccc(N(c3ccc(-c4ccccc4)cc3)c3ccc(-c4ccc(-c5ccc6c(c5)Oc5cc(-c7ccccc7)ccc5-c5ccccc5-6)cc4)cc3)cc21. The van der Waals surface area contributed by atoms with E-state index in [1.807, 2.05) is 0 Å². The highest BCUT2D eigenvalue weighted by Crippen LogP contribution is 2.52. The Kier molecular flexibility index (Phi) is 9.21. The average Bonchev–Trinajstić information content (AvgIpc) is 3.50. The minimum absolute atomic E-state index is 0.102. The number of fused-ring (bicyclic) bond motifs is 8. The lowest BCUT2D eigenvalue weighted by Gasteiger charge is -2.28. The van der Waals surface area contributed by atoms with E-state index >= 15 is 0 Å². The molecule has 0 saturated carbocycles. The lowest BCUT2D eigenvalue weighted by atomic mass is 9.82. The van der Waals surface area contributed by atoms with Crippen LogP contribution in [0.5, 0.6) is 11.5 Å². The zero-order valence-corrected chi connectivity index (χ0v) is 36.4. The molecule has 2 nitrogen and oxygen atoms in total. The maximum absolute atomic E-state index is 6.87. The highest BCUT2D eigenvalue weighted by molar-refractivity contribution is 5.93. The Hall–Kier alpha value is -8.20. The smallest absolute Gasteiger partial charge is 0.135 e. The van der Waals surface area contributed by atoms with Gasteiger partial charge in [0.15, 0.2) is 0 Å². The quantitative estimate of drug-likeness (QED) is 0.159. The third kappa shape index (κ3) is 6.74. The van der Waals surface area contributed by atoms with Crippen LogP contribution in [0.3, 0.4) is 0 Å². The van der Waals surface area contributed by atoms with Crippen LogP contribution in [-0.2, 0) is 5.41 Å². The van der Waals surface area contributed by atoms with Gasteiger partial charge in [0.05, 0.1) is 0 Å². The highest BCUT2D eigenvalue weighted by Gasteiger charge is 2.35. The van der Waals surface area contributed by atoms with Gasteiger partial charge in [-0.05, 0) is 139 Å². The molecule has 12 rings (SSSR count). The number of hydrogen-bond acceptors (Lipinski definition) is 2. The first-order valence-electron chi connectivity index (χ1n) is 22.5. The number of hydrogen-bond donors (Lipinski definition) is 0. The van der Waals surface area contributed by atoms with Gasteiger partial charge in [0.25, 0.3) is 0 Å². The fraction of sp³-hybridized carbons (Fsp3) is 0.0476. The molecule has 10 aromatic rings. The van der Waals surface area contributed by atoms with Crippen LogP contribution in [0, 0.1) is 0 Å². The first-order chi connectivity index (χ1) is 32.0. The Balaban J connectivity index is 0.863. The topological polar surface area (TPSA) is 12.5 Å². The summed E-state index contributed by atoms with van der Waals surface area (Å²) in [4.78, 5) is 2.39. The molecule has 0 atom stereocenters. The summed E-state index contributed by atoms with van der Waals surface area (Å²) in [6.07, 6.45) is 0. The molecule has 65 heavy (non-hydrogen) atoms. The zero-order chi connectivity index (χ0) is 43.5. The standard InChI is InChI=1S/C63H45NO/c1-63(2)59-20-12-11-19-55(59)56-38-35-52(41-60(56)63)64(50-31-25-45(26-32-50)42-13-5-3-6-14-42)51-33-27-46(28-34-51)44-21-23-47(24-22-44)49-30-37-58-54-18-10-9-17-53(54)57-36-29-48(43-15-7-4-8-16-43)39-61(57)65-62(58)40-49/h3-41H,1-2H3. The Morgan fingerprint density at radius 2 is 0.631 bits per heavy atom. The van der Waals surface area contributed by atoms with Gasteiger partial charge in [-0.2, -0.15) is 0 Å². The molecule has 0 unspecified atom stereocenters. The second-order valence-corrected chi connectivity index (χ2v) is 17.7. The predicted molar refractivity (Wildman–Crippen MR) is 271 cm³/mol. The Labute approximate surface area is 381 Å². The summed E-state index contributed by atoms with van der Waals surface area (Å²) in [7, 11) is 0. The van der Waals surface area contributed by atoms with E-state index in [9.17, 15) is 0 Å². The molecule has 308 valence electrons. The Bertz CT molecular complexity index is 3390. The maximum atomic E-state index is 6.87. The molecule has 0 radical (unpaired) electrons. The average molecular weight is 832 g/mol.